The molecule has 0 aliphatic carbocycles. The highest BCUT2D eigenvalue weighted by Crippen LogP contribution is 2.35. The van der Waals surface area contributed by atoms with Crippen molar-refractivity contribution in [3.63, 3.8) is 0 Å². The predicted molar refractivity (Wildman–Crippen MR) is 117 cm³/mol. The Bertz CT molecular complexity index is 1150. The van der Waals surface area contributed by atoms with Gasteiger partial charge < -0.3 is 14.2 Å². The van der Waals surface area contributed by atoms with Gasteiger partial charge in [-0.15, -0.1) is 6.58 Å². The second-order valence-electron chi connectivity index (χ2n) is 7.57. The number of halogens is 4. The Labute approximate surface area is 189 Å². The molecule has 0 spiro atoms. The molecule has 3 aromatic carbocycles. The van der Waals surface area contributed by atoms with E-state index >= 15 is 0 Å². The van der Waals surface area contributed by atoms with Crippen LogP contribution >= 0.6 is 0 Å². The van der Waals surface area contributed by atoms with E-state index in [9.17, 15) is 17.6 Å². The molecule has 0 radical (unpaired) electrons. The molecule has 1 aliphatic rings. The minimum atomic E-state index is -1.08. The lowest BCUT2D eigenvalue weighted by molar-refractivity contribution is -0.198. The summed E-state index contributed by atoms with van der Waals surface area (Å²) in [6, 6.07) is 11.7. The van der Waals surface area contributed by atoms with Crippen molar-refractivity contribution in [3.8, 4) is 28.0 Å². The van der Waals surface area contributed by atoms with Gasteiger partial charge in [-0.3, -0.25) is 0 Å². The van der Waals surface area contributed by atoms with Crippen molar-refractivity contribution in [2.75, 3.05) is 19.8 Å². The summed E-state index contributed by atoms with van der Waals surface area (Å²) >= 11 is 0. The van der Waals surface area contributed by atoms with E-state index in [1.165, 1.54) is 48.5 Å². The molecule has 0 amide bonds. The van der Waals surface area contributed by atoms with E-state index < -0.39 is 29.6 Å². The fourth-order valence-electron chi connectivity index (χ4n) is 3.65. The van der Waals surface area contributed by atoms with Crippen LogP contribution in [0.1, 0.15) is 18.8 Å². The van der Waals surface area contributed by atoms with Crippen LogP contribution in [0, 0.1) is 29.2 Å². The third kappa shape index (κ3) is 4.51. The molecular weight excluding hydrogens is 436 g/mol. The van der Waals surface area contributed by atoms with Crippen LogP contribution < -0.4 is 4.74 Å². The van der Waals surface area contributed by atoms with E-state index in [1.807, 2.05) is 0 Å². The van der Waals surface area contributed by atoms with E-state index in [1.54, 1.807) is 13.0 Å². The van der Waals surface area contributed by atoms with Gasteiger partial charge in [0.15, 0.2) is 29.5 Å². The number of hydrogen-bond donors (Lipinski definition) is 0. The first-order chi connectivity index (χ1) is 15.9. The highest BCUT2D eigenvalue weighted by molar-refractivity contribution is 5.71. The van der Waals surface area contributed by atoms with Gasteiger partial charge in [-0.25, -0.2) is 13.2 Å². The molecule has 0 aromatic heterocycles. The Morgan fingerprint density at radius 1 is 0.818 bits per heavy atom. The van der Waals surface area contributed by atoms with Crippen molar-refractivity contribution in [2.45, 2.75) is 13.2 Å². The second-order valence-corrected chi connectivity index (χ2v) is 7.57. The SMILES string of the molecule is C=CC1COC(c2ccc(-c3ccc(-c4ccc(OCC)c(F)c4F)cc3)c(F)c2F)OC1. The topological polar surface area (TPSA) is 27.7 Å². The number of ether oxygens (including phenoxy) is 3. The first-order valence-corrected chi connectivity index (χ1v) is 10.5. The van der Waals surface area contributed by atoms with E-state index in [0.29, 0.717) is 24.3 Å². The molecule has 33 heavy (non-hydrogen) atoms. The average Bonchev–Trinajstić information content (AvgIpc) is 2.84. The quantitative estimate of drug-likeness (QED) is 0.300. The molecular formula is C26H22F4O3. The fourth-order valence-corrected chi connectivity index (χ4v) is 3.65. The van der Waals surface area contributed by atoms with Crippen molar-refractivity contribution in [3.05, 3.63) is 90.0 Å². The maximum atomic E-state index is 14.9. The van der Waals surface area contributed by atoms with Gasteiger partial charge in [-0.2, -0.15) is 4.39 Å². The molecule has 3 aromatic rings. The van der Waals surface area contributed by atoms with Crippen LogP contribution in [0.3, 0.4) is 0 Å². The molecule has 7 heteroatoms. The van der Waals surface area contributed by atoms with Crippen molar-refractivity contribution in [1.29, 1.82) is 0 Å². The first-order valence-electron chi connectivity index (χ1n) is 10.5. The molecule has 0 bridgehead atoms. The summed E-state index contributed by atoms with van der Waals surface area (Å²) in [6.45, 7) is 6.16. The summed E-state index contributed by atoms with van der Waals surface area (Å²) in [5.41, 5.74) is 0.805. The highest BCUT2D eigenvalue weighted by atomic mass is 19.2. The smallest absolute Gasteiger partial charge is 0.201 e. The molecule has 172 valence electrons. The van der Waals surface area contributed by atoms with Crippen molar-refractivity contribution in [2.24, 2.45) is 5.92 Å². The second kappa shape index (κ2) is 9.77. The molecule has 4 rings (SSSR count). The van der Waals surface area contributed by atoms with Gasteiger partial charge in [-0.1, -0.05) is 42.5 Å². The van der Waals surface area contributed by atoms with Crippen LogP contribution in [-0.2, 0) is 9.47 Å². The van der Waals surface area contributed by atoms with Crippen LogP contribution in [0.4, 0.5) is 17.6 Å². The van der Waals surface area contributed by atoms with Gasteiger partial charge in [-0.05, 0) is 30.2 Å². The summed E-state index contributed by atoms with van der Waals surface area (Å²) in [5.74, 6) is -4.38. The summed E-state index contributed by atoms with van der Waals surface area (Å²) in [7, 11) is 0. The molecule has 0 atom stereocenters. The highest BCUT2D eigenvalue weighted by Gasteiger charge is 2.27. The Kier molecular flexibility index (Phi) is 6.81. The fraction of sp³-hybridized carbons (Fsp3) is 0.231. The molecule has 1 heterocycles. The van der Waals surface area contributed by atoms with E-state index in [0.717, 1.165) is 0 Å². The largest absolute Gasteiger partial charge is 0.491 e. The molecule has 0 N–H and O–H groups in total. The van der Waals surface area contributed by atoms with Crippen molar-refractivity contribution in [1.82, 2.24) is 0 Å². The number of benzene rings is 3. The van der Waals surface area contributed by atoms with Crippen LogP contribution in [0.2, 0.25) is 0 Å². The lowest BCUT2D eigenvalue weighted by Gasteiger charge is -2.28. The predicted octanol–water partition coefficient (Wildman–Crippen LogP) is 6.82. The third-order valence-corrected chi connectivity index (χ3v) is 5.48. The van der Waals surface area contributed by atoms with E-state index in [-0.39, 0.29) is 35.0 Å². The van der Waals surface area contributed by atoms with Gasteiger partial charge in [0, 0.05) is 22.6 Å². The van der Waals surface area contributed by atoms with Crippen molar-refractivity contribution >= 4 is 0 Å². The van der Waals surface area contributed by atoms with Gasteiger partial charge >= 0.3 is 0 Å². The monoisotopic (exact) mass is 458 g/mol. The van der Waals surface area contributed by atoms with Crippen LogP contribution in [-0.4, -0.2) is 19.8 Å². The summed E-state index contributed by atoms with van der Waals surface area (Å²) in [5, 5.41) is 0. The third-order valence-electron chi connectivity index (χ3n) is 5.48. The zero-order chi connectivity index (χ0) is 23.5. The van der Waals surface area contributed by atoms with Gasteiger partial charge in [0.25, 0.3) is 0 Å². The summed E-state index contributed by atoms with van der Waals surface area (Å²) in [6.07, 6.45) is 0.692. The Hall–Kier alpha value is -3.16. The van der Waals surface area contributed by atoms with E-state index in [2.05, 4.69) is 6.58 Å². The lowest BCUT2D eigenvalue weighted by Crippen LogP contribution is -2.26. The molecule has 1 aliphatic heterocycles. The van der Waals surface area contributed by atoms with Crippen molar-refractivity contribution < 1.29 is 31.8 Å². The minimum Gasteiger partial charge on any atom is -0.491 e. The average molecular weight is 458 g/mol. The standard InChI is InChI=1S/C26H22F4O3/c1-3-15-13-32-26(33-14-15)20-10-9-18(22(27)24(20)29)16-5-7-17(8-6-16)19-11-12-21(31-4-2)25(30)23(19)28/h3,5-12,15,26H,1,4,13-14H2,2H3. The molecule has 3 nitrogen and oxygen atoms in total. The number of hydrogen-bond acceptors (Lipinski definition) is 3. The van der Waals surface area contributed by atoms with Gasteiger partial charge in [0.2, 0.25) is 5.82 Å². The van der Waals surface area contributed by atoms with Gasteiger partial charge in [0.1, 0.15) is 0 Å². The van der Waals surface area contributed by atoms with Crippen LogP contribution in [0.25, 0.3) is 22.3 Å². The molecule has 0 unspecified atom stereocenters. The summed E-state index contributed by atoms with van der Waals surface area (Å²) < 4.78 is 74.4. The summed E-state index contributed by atoms with van der Waals surface area (Å²) in [4.78, 5) is 0. The molecule has 1 fully saturated rings. The normalized spacial score (nSPS) is 18.2. The molecule has 1 saturated heterocycles. The Morgan fingerprint density at radius 2 is 1.36 bits per heavy atom. The first kappa shape index (κ1) is 23.0. The lowest BCUT2D eigenvalue weighted by atomic mass is 9.98. The zero-order valence-corrected chi connectivity index (χ0v) is 17.9. The van der Waals surface area contributed by atoms with Crippen LogP contribution in [0.5, 0.6) is 5.75 Å². The van der Waals surface area contributed by atoms with E-state index in [4.69, 9.17) is 14.2 Å². The maximum Gasteiger partial charge on any atom is 0.201 e. The van der Waals surface area contributed by atoms with Crippen LogP contribution in [0.15, 0.2) is 61.2 Å². The zero-order valence-electron chi connectivity index (χ0n) is 17.9. The number of rotatable bonds is 6. The Morgan fingerprint density at radius 3 is 1.91 bits per heavy atom. The molecule has 0 saturated carbocycles. The Balaban J connectivity index is 1.59. The van der Waals surface area contributed by atoms with Gasteiger partial charge in [0.05, 0.1) is 19.8 Å². The maximum absolute atomic E-state index is 14.9. The minimum absolute atomic E-state index is 0.000585.